The summed E-state index contributed by atoms with van der Waals surface area (Å²) >= 11 is 0. The van der Waals surface area contributed by atoms with Crippen LogP contribution in [0.25, 0.3) is 5.65 Å². The molecule has 0 aliphatic rings. The summed E-state index contributed by atoms with van der Waals surface area (Å²) in [6.07, 6.45) is 7.52. The van der Waals surface area contributed by atoms with Crippen LogP contribution >= 0.6 is 0 Å². The highest BCUT2D eigenvalue weighted by Crippen LogP contribution is 2.05. The smallest absolute Gasteiger partial charge is 0.226 e. The van der Waals surface area contributed by atoms with Gasteiger partial charge in [-0.2, -0.15) is 0 Å². The third kappa shape index (κ3) is 2.83. The van der Waals surface area contributed by atoms with Crippen LogP contribution in [0.2, 0.25) is 0 Å². The van der Waals surface area contributed by atoms with Gasteiger partial charge in [-0.15, -0.1) is 0 Å². The lowest BCUT2D eigenvalue weighted by atomic mass is 10.2. The van der Waals surface area contributed by atoms with Crippen molar-refractivity contribution < 1.29 is 4.79 Å². The molecule has 0 fully saturated rings. The molecule has 0 spiro atoms. The number of rotatable bonds is 4. The monoisotopic (exact) mass is 266 g/mol. The zero-order chi connectivity index (χ0) is 13.8. The second-order valence-corrected chi connectivity index (χ2v) is 4.51. The summed E-state index contributed by atoms with van der Waals surface area (Å²) in [6.45, 7) is 0.486. The largest absolute Gasteiger partial charge is 0.352 e. The first kappa shape index (κ1) is 12.3. The Balaban J connectivity index is 1.61. The summed E-state index contributed by atoms with van der Waals surface area (Å²) in [5.74, 6) is -0.0442. The summed E-state index contributed by atoms with van der Waals surface area (Å²) in [5.41, 5.74) is 2.60. The summed E-state index contributed by atoms with van der Waals surface area (Å²) in [7, 11) is 0. The highest BCUT2D eigenvalue weighted by Gasteiger charge is 2.07. The van der Waals surface area contributed by atoms with E-state index in [9.17, 15) is 4.79 Å². The van der Waals surface area contributed by atoms with Crippen molar-refractivity contribution in [3.8, 4) is 0 Å². The molecular weight excluding hydrogens is 252 g/mol. The van der Waals surface area contributed by atoms with Crippen LogP contribution in [0, 0.1) is 0 Å². The number of nitrogens with one attached hydrogen (secondary N) is 1. The first-order valence-corrected chi connectivity index (χ1v) is 6.39. The third-order valence-electron chi connectivity index (χ3n) is 2.97. The second kappa shape index (κ2) is 5.52. The average Bonchev–Trinajstić information content (AvgIpc) is 2.88. The van der Waals surface area contributed by atoms with Gasteiger partial charge in [-0.25, -0.2) is 4.98 Å². The van der Waals surface area contributed by atoms with Gasteiger partial charge >= 0.3 is 0 Å². The summed E-state index contributed by atoms with van der Waals surface area (Å²) in [6, 6.07) is 9.55. The zero-order valence-electron chi connectivity index (χ0n) is 10.9. The van der Waals surface area contributed by atoms with E-state index in [1.54, 1.807) is 12.4 Å². The molecule has 5 nitrogen and oxygen atoms in total. The van der Waals surface area contributed by atoms with Gasteiger partial charge in [-0.1, -0.05) is 12.1 Å². The number of hydrogen-bond acceptors (Lipinski definition) is 3. The van der Waals surface area contributed by atoms with Gasteiger partial charge in [0.05, 0.1) is 12.1 Å². The predicted octanol–water partition coefficient (Wildman–Crippen LogP) is 1.59. The lowest BCUT2D eigenvalue weighted by molar-refractivity contribution is -0.120. The van der Waals surface area contributed by atoms with Crippen molar-refractivity contribution in [3.05, 3.63) is 66.4 Å². The molecule has 1 N–H and O–H groups in total. The summed E-state index contributed by atoms with van der Waals surface area (Å²) in [4.78, 5) is 20.3. The lowest BCUT2D eigenvalue weighted by Gasteiger charge is -2.03. The van der Waals surface area contributed by atoms with E-state index >= 15 is 0 Å². The van der Waals surface area contributed by atoms with Crippen LogP contribution in [0.15, 0.2) is 55.1 Å². The van der Waals surface area contributed by atoms with Crippen LogP contribution < -0.4 is 5.32 Å². The number of carbonyl (C=O) groups excluding carboxylic acids is 1. The summed E-state index contributed by atoms with van der Waals surface area (Å²) in [5, 5.41) is 2.86. The Morgan fingerprint density at radius 2 is 2.20 bits per heavy atom. The van der Waals surface area contributed by atoms with E-state index in [2.05, 4.69) is 15.3 Å². The third-order valence-corrected chi connectivity index (χ3v) is 2.97. The molecule has 1 amide bonds. The molecule has 0 bridgehead atoms. The maximum Gasteiger partial charge on any atom is 0.226 e. The topological polar surface area (TPSA) is 59.3 Å². The first-order valence-electron chi connectivity index (χ1n) is 6.39. The Kier molecular flexibility index (Phi) is 3.41. The van der Waals surface area contributed by atoms with Crippen molar-refractivity contribution in [2.24, 2.45) is 0 Å². The number of nitrogens with zero attached hydrogens (tertiary/aromatic N) is 3. The van der Waals surface area contributed by atoms with Gasteiger partial charge in [-0.05, 0) is 23.8 Å². The van der Waals surface area contributed by atoms with Crippen LogP contribution in [-0.4, -0.2) is 20.3 Å². The van der Waals surface area contributed by atoms with Crippen LogP contribution in [0.3, 0.4) is 0 Å². The predicted molar refractivity (Wildman–Crippen MR) is 75.0 cm³/mol. The minimum absolute atomic E-state index is 0.0442. The van der Waals surface area contributed by atoms with Crippen LogP contribution in [0.5, 0.6) is 0 Å². The van der Waals surface area contributed by atoms with Crippen LogP contribution in [0.1, 0.15) is 11.3 Å². The summed E-state index contributed by atoms with van der Waals surface area (Å²) < 4.78 is 1.91. The normalized spacial score (nSPS) is 10.6. The molecule has 3 aromatic heterocycles. The van der Waals surface area contributed by atoms with E-state index in [0.717, 1.165) is 16.9 Å². The van der Waals surface area contributed by atoms with E-state index in [-0.39, 0.29) is 12.3 Å². The van der Waals surface area contributed by atoms with Gasteiger partial charge in [0, 0.05) is 31.3 Å². The Bertz CT molecular complexity index is 688. The molecule has 3 aromatic rings. The van der Waals surface area contributed by atoms with Gasteiger partial charge in [0.2, 0.25) is 5.91 Å². The SMILES string of the molecule is O=C(Cc1cn2ccccc2n1)NCc1cccnc1. The lowest BCUT2D eigenvalue weighted by Crippen LogP contribution is -2.24. The Morgan fingerprint density at radius 1 is 1.25 bits per heavy atom. The van der Waals surface area contributed by atoms with Crippen LogP contribution in [0.4, 0.5) is 0 Å². The van der Waals surface area contributed by atoms with Crippen molar-refractivity contribution in [1.82, 2.24) is 19.7 Å². The molecule has 0 saturated heterocycles. The molecule has 0 aromatic carbocycles. The van der Waals surface area contributed by atoms with E-state index < -0.39 is 0 Å². The molecule has 0 unspecified atom stereocenters. The van der Waals surface area contributed by atoms with Gasteiger partial charge < -0.3 is 9.72 Å². The number of fused-ring (bicyclic) bond motifs is 1. The molecule has 3 heterocycles. The molecule has 0 saturated carbocycles. The molecule has 0 aliphatic heterocycles. The van der Waals surface area contributed by atoms with E-state index in [4.69, 9.17) is 0 Å². The number of amides is 1. The van der Waals surface area contributed by atoms with Crippen molar-refractivity contribution >= 4 is 11.6 Å². The fraction of sp³-hybridized carbons (Fsp3) is 0.133. The zero-order valence-corrected chi connectivity index (χ0v) is 10.9. The highest BCUT2D eigenvalue weighted by molar-refractivity contribution is 5.78. The fourth-order valence-corrected chi connectivity index (χ4v) is 2.00. The molecule has 5 heteroatoms. The quantitative estimate of drug-likeness (QED) is 0.780. The van der Waals surface area contributed by atoms with Crippen molar-refractivity contribution in [2.45, 2.75) is 13.0 Å². The Labute approximate surface area is 116 Å². The number of imidazole rings is 1. The van der Waals surface area contributed by atoms with Gasteiger partial charge in [0.15, 0.2) is 0 Å². The number of aromatic nitrogens is 3. The maximum atomic E-state index is 11.9. The van der Waals surface area contributed by atoms with Crippen molar-refractivity contribution in [1.29, 1.82) is 0 Å². The molecule has 100 valence electrons. The number of carbonyl (C=O) groups is 1. The van der Waals surface area contributed by atoms with Gasteiger partial charge in [0.25, 0.3) is 0 Å². The molecule has 0 radical (unpaired) electrons. The van der Waals surface area contributed by atoms with Gasteiger partial charge in [-0.3, -0.25) is 9.78 Å². The van der Waals surface area contributed by atoms with E-state index in [1.165, 1.54) is 0 Å². The fourth-order valence-electron chi connectivity index (χ4n) is 2.00. The standard InChI is InChI=1S/C15H14N4O/c20-15(17-10-12-4-3-6-16-9-12)8-13-11-19-7-2-1-5-14(19)18-13/h1-7,9,11H,8,10H2,(H,17,20). The maximum absolute atomic E-state index is 11.9. The minimum Gasteiger partial charge on any atom is -0.352 e. The molecule has 0 aliphatic carbocycles. The number of pyridine rings is 2. The molecule has 20 heavy (non-hydrogen) atoms. The first-order chi connectivity index (χ1) is 9.81. The van der Waals surface area contributed by atoms with E-state index in [1.807, 2.05) is 47.1 Å². The van der Waals surface area contributed by atoms with Crippen LogP contribution in [-0.2, 0) is 17.8 Å². The highest BCUT2D eigenvalue weighted by atomic mass is 16.1. The van der Waals surface area contributed by atoms with Gasteiger partial charge in [0.1, 0.15) is 5.65 Å². The number of hydrogen-bond donors (Lipinski definition) is 1. The minimum atomic E-state index is -0.0442. The average molecular weight is 266 g/mol. The second-order valence-electron chi connectivity index (χ2n) is 4.51. The molecule has 3 rings (SSSR count). The van der Waals surface area contributed by atoms with Crippen molar-refractivity contribution in [3.63, 3.8) is 0 Å². The van der Waals surface area contributed by atoms with Crippen molar-refractivity contribution in [2.75, 3.05) is 0 Å². The molecule has 0 atom stereocenters. The Morgan fingerprint density at radius 3 is 3.00 bits per heavy atom. The molecular formula is C15H14N4O. The van der Waals surface area contributed by atoms with E-state index in [0.29, 0.717) is 6.54 Å². The Hall–Kier alpha value is -2.69.